The second-order valence-electron chi connectivity index (χ2n) is 3.97. The number of nitrogen functional groups attached to an aromatic ring is 2. The van der Waals surface area contributed by atoms with Crippen molar-refractivity contribution in [3.63, 3.8) is 0 Å². The summed E-state index contributed by atoms with van der Waals surface area (Å²) in [6.45, 7) is 0. The summed E-state index contributed by atoms with van der Waals surface area (Å²) < 4.78 is 0. The largest absolute Gasteiger partial charge is 0.398 e. The highest BCUT2D eigenvalue weighted by Gasteiger charge is 2.13. The van der Waals surface area contributed by atoms with Gasteiger partial charge in [-0.25, -0.2) is 4.98 Å². The molecule has 6 nitrogen and oxygen atoms in total. The third kappa shape index (κ3) is 1.43. The number of nitrogens with two attached hydrogens (primary N) is 2. The van der Waals surface area contributed by atoms with Gasteiger partial charge in [0.05, 0.1) is 11.2 Å². The van der Waals surface area contributed by atoms with Gasteiger partial charge in [0.2, 0.25) is 0 Å². The molecule has 6 N–H and O–H groups in total. The number of H-pyrrole nitrogens is 2. The SMILES string of the molecule is Nc1cc[nH]c(=O)c1-c1nc2c(N)cccc2[nH]1. The number of aromatic nitrogens is 3. The molecule has 6 heteroatoms. The number of aromatic amines is 2. The summed E-state index contributed by atoms with van der Waals surface area (Å²) in [5.41, 5.74) is 14.0. The van der Waals surface area contributed by atoms with Crippen LogP contribution in [0.25, 0.3) is 22.4 Å². The van der Waals surface area contributed by atoms with E-state index in [0.717, 1.165) is 5.52 Å². The number of benzene rings is 1. The Morgan fingerprint density at radius 1 is 1.11 bits per heavy atom. The van der Waals surface area contributed by atoms with Crippen LogP contribution in [-0.2, 0) is 0 Å². The lowest BCUT2D eigenvalue weighted by Gasteiger charge is -1.99. The number of imidazole rings is 1. The predicted octanol–water partition coefficient (Wildman–Crippen LogP) is 1.08. The molecule has 0 bridgehead atoms. The molecule has 0 aliphatic carbocycles. The normalized spacial score (nSPS) is 10.9. The number of hydrogen-bond acceptors (Lipinski definition) is 4. The van der Waals surface area contributed by atoms with Gasteiger partial charge in [-0.3, -0.25) is 4.79 Å². The fourth-order valence-corrected chi connectivity index (χ4v) is 1.91. The fourth-order valence-electron chi connectivity index (χ4n) is 1.91. The van der Waals surface area contributed by atoms with Crippen molar-refractivity contribution in [3.8, 4) is 11.4 Å². The molecule has 0 aliphatic heterocycles. The van der Waals surface area contributed by atoms with E-state index in [1.807, 2.05) is 12.1 Å². The average Bonchev–Trinajstić information content (AvgIpc) is 2.74. The van der Waals surface area contributed by atoms with Crippen LogP contribution in [-0.4, -0.2) is 15.0 Å². The van der Waals surface area contributed by atoms with E-state index in [0.29, 0.717) is 28.3 Å². The molecule has 0 unspecified atom stereocenters. The summed E-state index contributed by atoms with van der Waals surface area (Å²) in [6.07, 6.45) is 1.50. The third-order valence-corrected chi connectivity index (χ3v) is 2.77. The molecule has 2 heterocycles. The highest BCUT2D eigenvalue weighted by molar-refractivity contribution is 5.90. The smallest absolute Gasteiger partial charge is 0.261 e. The third-order valence-electron chi connectivity index (χ3n) is 2.77. The minimum absolute atomic E-state index is 0.285. The van der Waals surface area contributed by atoms with Crippen molar-refractivity contribution >= 4 is 22.4 Å². The average molecular weight is 241 g/mol. The number of nitrogens with zero attached hydrogens (tertiary/aromatic N) is 1. The van der Waals surface area contributed by atoms with Crippen molar-refractivity contribution in [3.05, 3.63) is 40.8 Å². The molecule has 0 spiro atoms. The van der Waals surface area contributed by atoms with Crippen LogP contribution in [0.1, 0.15) is 0 Å². The second-order valence-corrected chi connectivity index (χ2v) is 3.97. The maximum absolute atomic E-state index is 11.8. The van der Waals surface area contributed by atoms with Crippen molar-refractivity contribution in [2.24, 2.45) is 0 Å². The van der Waals surface area contributed by atoms with Gasteiger partial charge in [0.1, 0.15) is 16.9 Å². The summed E-state index contributed by atoms with van der Waals surface area (Å²) >= 11 is 0. The molecular formula is C12H11N5O. The zero-order valence-corrected chi connectivity index (χ0v) is 9.40. The molecule has 90 valence electrons. The molecule has 0 saturated carbocycles. The lowest BCUT2D eigenvalue weighted by Crippen LogP contribution is -2.11. The van der Waals surface area contributed by atoms with Crippen molar-refractivity contribution in [2.75, 3.05) is 11.5 Å². The van der Waals surface area contributed by atoms with Crippen molar-refractivity contribution in [2.45, 2.75) is 0 Å². The van der Waals surface area contributed by atoms with Crippen LogP contribution in [0.4, 0.5) is 11.4 Å². The van der Waals surface area contributed by atoms with Crippen molar-refractivity contribution in [1.29, 1.82) is 0 Å². The van der Waals surface area contributed by atoms with E-state index in [1.165, 1.54) is 6.20 Å². The zero-order valence-electron chi connectivity index (χ0n) is 9.40. The van der Waals surface area contributed by atoms with Crippen molar-refractivity contribution < 1.29 is 0 Å². The monoisotopic (exact) mass is 241 g/mol. The van der Waals surface area contributed by atoms with Gasteiger partial charge in [-0.1, -0.05) is 6.07 Å². The molecule has 0 saturated heterocycles. The number of para-hydroxylation sites is 1. The Labute approximate surface area is 102 Å². The second kappa shape index (κ2) is 3.63. The molecule has 0 fully saturated rings. The number of anilines is 2. The van der Waals surface area contributed by atoms with Gasteiger partial charge in [-0.05, 0) is 18.2 Å². The maximum Gasteiger partial charge on any atom is 0.261 e. The van der Waals surface area contributed by atoms with Crippen LogP contribution < -0.4 is 17.0 Å². The maximum atomic E-state index is 11.8. The van der Waals surface area contributed by atoms with Gasteiger partial charge < -0.3 is 21.4 Å². The lowest BCUT2D eigenvalue weighted by molar-refractivity contribution is 1.21. The first-order valence-electron chi connectivity index (χ1n) is 5.38. The van der Waals surface area contributed by atoms with E-state index in [2.05, 4.69) is 15.0 Å². The molecule has 3 rings (SSSR count). The van der Waals surface area contributed by atoms with Gasteiger partial charge >= 0.3 is 0 Å². The van der Waals surface area contributed by atoms with Gasteiger partial charge in [0.15, 0.2) is 0 Å². The molecule has 3 aromatic rings. The van der Waals surface area contributed by atoms with Crippen molar-refractivity contribution in [1.82, 2.24) is 15.0 Å². The molecule has 0 aliphatic rings. The van der Waals surface area contributed by atoms with E-state index in [9.17, 15) is 4.79 Å². The van der Waals surface area contributed by atoms with Crippen LogP contribution in [0.2, 0.25) is 0 Å². The summed E-state index contributed by atoms with van der Waals surface area (Å²) in [4.78, 5) is 21.7. The van der Waals surface area contributed by atoms with Gasteiger partial charge in [0, 0.05) is 11.9 Å². The standard InChI is InChI=1S/C12H11N5O/c13-6-4-5-15-12(18)9(6)11-16-8-3-1-2-7(14)10(8)17-11/h1-5H,14H2,(H,16,17)(H3,13,15,18). The number of fused-ring (bicyclic) bond motifs is 1. The lowest BCUT2D eigenvalue weighted by atomic mass is 10.2. The predicted molar refractivity (Wildman–Crippen MR) is 71.0 cm³/mol. The molecular weight excluding hydrogens is 230 g/mol. The highest BCUT2D eigenvalue weighted by atomic mass is 16.1. The van der Waals surface area contributed by atoms with E-state index in [1.54, 1.807) is 12.1 Å². The molecule has 0 amide bonds. The Morgan fingerprint density at radius 2 is 1.94 bits per heavy atom. The summed E-state index contributed by atoms with van der Waals surface area (Å²) in [5, 5.41) is 0. The van der Waals surface area contributed by atoms with Gasteiger partial charge in [-0.15, -0.1) is 0 Å². The summed E-state index contributed by atoms with van der Waals surface area (Å²) in [7, 11) is 0. The summed E-state index contributed by atoms with van der Waals surface area (Å²) in [5.74, 6) is 0.419. The Morgan fingerprint density at radius 3 is 2.67 bits per heavy atom. The Hall–Kier alpha value is -2.76. The van der Waals surface area contributed by atoms with Crippen LogP contribution in [0.15, 0.2) is 35.3 Å². The van der Waals surface area contributed by atoms with E-state index in [4.69, 9.17) is 11.5 Å². The summed E-state index contributed by atoms with van der Waals surface area (Å²) in [6, 6.07) is 7.03. The Kier molecular flexibility index (Phi) is 2.09. The number of nitrogens with one attached hydrogen (secondary N) is 2. The zero-order chi connectivity index (χ0) is 12.7. The Balaban J connectivity index is 2.33. The van der Waals surface area contributed by atoms with Crippen LogP contribution in [0.5, 0.6) is 0 Å². The first kappa shape index (κ1) is 10.4. The van der Waals surface area contributed by atoms with E-state index >= 15 is 0 Å². The molecule has 18 heavy (non-hydrogen) atoms. The van der Waals surface area contributed by atoms with Gasteiger partial charge in [0.25, 0.3) is 5.56 Å². The number of pyridine rings is 1. The molecule has 2 aromatic heterocycles. The highest BCUT2D eigenvalue weighted by Crippen LogP contribution is 2.24. The Bertz CT molecular complexity index is 787. The number of hydrogen-bond donors (Lipinski definition) is 4. The van der Waals surface area contributed by atoms with Crippen LogP contribution in [0, 0.1) is 0 Å². The van der Waals surface area contributed by atoms with E-state index < -0.39 is 0 Å². The van der Waals surface area contributed by atoms with Crippen LogP contribution in [0.3, 0.4) is 0 Å². The molecule has 1 aromatic carbocycles. The van der Waals surface area contributed by atoms with Crippen LogP contribution >= 0.6 is 0 Å². The minimum atomic E-state index is -0.285. The first-order valence-corrected chi connectivity index (χ1v) is 5.38. The molecule has 0 radical (unpaired) electrons. The molecule has 0 atom stereocenters. The number of rotatable bonds is 1. The minimum Gasteiger partial charge on any atom is -0.398 e. The topological polar surface area (TPSA) is 114 Å². The van der Waals surface area contributed by atoms with Gasteiger partial charge in [-0.2, -0.15) is 0 Å². The first-order chi connectivity index (χ1) is 8.66. The fraction of sp³-hybridized carbons (Fsp3) is 0. The van der Waals surface area contributed by atoms with E-state index in [-0.39, 0.29) is 5.56 Å². The quantitative estimate of drug-likeness (QED) is 0.477.